The van der Waals surface area contributed by atoms with Crippen molar-refractivity contribution in [3.63, 3.8) is 0 Å². The Morgan fingerprint density at radius 1 is 0.389 bits per heavy atom. The maximum Gasteiger partial charge on any atom is 0.303 e. The smallest absolute Gasteiger partial charge is 0.303 e. The van der Waals surface area contributed by atoms with Gasteiger partial charge in [-0.05, 0) is 25.7 Å². The fourth-order valence-corrected chi connectivity index (χ4v) is 3.75. The van der Waals surface area contributed by atoms with Crippen LogP contribution in [0, 0.1) is 0 Å². The Balaban J connectivity index is -0.000000472. The minimum absolute atomic E-state index is 0.283. The third-order valence-corrected chi connectivity index (χ3v) is 6.05. The number of hydrogen-bond acceptors (Lipinski definition) is 4. The monoisotopic (exact) mass is 518 g/mol. The van der Waals surface area contributed by atoms with E-state index in [-0.39, 0.29) is 13.2 Å². The molecule has 36 heavy (non-hydrogen) atoms. The highest BCUT2D eigenvalue weighted by molar-refractivity contribution is 5.66. The molecular formula is C30H62O6. The van der Waals surface area contributed by atoms with Gasteiger partial charge in [0.25, 0.3) is 0 Å². The highest BCUT2D eigenvalue weighted by Crippen LogP contribution is 2.11. The van der Waals surface area contributed by atoms with Crippen LogP contribution in [-0.2, 0) is 9.59 Å². The molecule has 6 nitrogen and oxygen atoms in total. The van der Waals surface area contributed by atoms with E-state index in [0.29, 0.717) is 12.8 Å². The molecule has 0 fully saturated rings. The van der Waals surface area contributed by atoms with Crippen LogP contribution in [0.15, 0.2) is 0 Å². The van der Waals surface area contributed by atoms with Crippen LogP contribution in [0.1, 0.15) is 168 Å². The van der Waals surface area contributed by atoms with E-state index in [1.54, 1.807) is 0 Å². The van der Waals surface area contributed by atoms with Gasteiger partial charge in [-0.3, -0.25) is 9.59 Å². The largest absolute Gasteiger partial charge is 0.481 e. The highest BCUT2D eigenvalue weighted by atomic mass is 16.4. The van der Waals surface area contributed by atoms with Crippen molar-refractivity contribution in [3.05, 3.63) is 0 Å². The van der Waals surface area contributed by atoms with E-state index in [1.807, 2.05) is 0 Å². The van der Waals surface area contributed by atoms with Crippen molar-refractivity contribution >= 4 is 11.9 Å². The average Bonchev–Trinajstić information content (AvgIpc) is 2.85. The Labute approximate surface area is 223 Å². The Morgan fingerprint density at radius 2 is 0.611 bits per heavy atom. The number of rotatable bonds is 25. The Kier molecular flexibility index (Phi) is 42.0. The Morgan fingerprint density at radius 3 is 0.833 bits per heavy atom. The number of unbranched alkanes of at least 4 members (excludes halogenated alkanes) is 19. The normalized spacial score (nSPS) is 10.2. The predicted molar refractivity (Wildman–Crippen MR) is 152 cm³/mol. The number of carboxylic acid groups (broad SMARTS) is 2. The fraction of sp³-hybridized carbons (Fsp3) is 0.933. The van der Waals surface area contributed by atoms with Crippen LogP contribution in [-0.4, -0.2) is 45.6 Å². The maximum absolute atomic E-state index is 10.2. The van der Waals surface area contributed by atoms with Crippen molar-refractivity contribution in [1.82, 2.24) is 0 Å². The van der Waals surface area contributed by atoms with Gasteiger partial charge < -0.3 is 20.4 Å². The molecule has 0 aromatic heterocycles. The van der Waals surface area contributed by atoms with Gasteiger partial charge in [0.2, 0.25) is 0 Å². The zero-order chi connectivity index (χ0) is 27.5. The second kappa shape index (κ2) is 38.4. The van der Waals surface area contributed by atoms with Crippen molar-refractivity contribution in [1.29, 1.82) is 0 Å². The van der Waals surface area contributed by atoms with E-state index < -0.39 is 11.9 Å². The zero-order valence-electron chi connectivity index (χ0n) is 24.0. The van der Waals surface area contributed by atoms with Crippen LogP contribution in [0.25, 0.3) is 0 Å². The summed E-state index contributed by atoms with van der Waals surface area (Å²) in [5.74, 6) is -1.32. The molecule has 0 radical (unpaired) electrons. The summed E-state index contributed by atoms with van der Waals surface area (Å²) in [6, 6.07) is 0. The lowest BCUT2D eigenvalue weighted by molar-refractivity contribution is -0.138. The van der Waals surface area contributed by atoms with Gasteiger partial charge in [0, 0.05) is 26.1 Å². The van der Waals surface area contributed by atoms with E-state index >= 15 is 0 Å². The van der Waals surface area contributed by atoms with Crippen LogP contribution < -0.4 is 0 Å². The summed E-state index contributed by atoms with van der Waals surface area (Å²) in [6.45, 7) is 5.02. The predicted octanol–water partition coefficient (Wildman–Crippen LogP) is 8.52. The van der Waals surface area contributed by atoms with Gasteiger partial charge in [-0.2, -0.15) is 0 Å². The number of hydrogen-bond donors (Lipinski definition) is 4. The number of carbonyl (C=O) groups is 2. The van der Waals surface area contributed by atoms with Gasteiger partial charge in [0.1, 0.15) is 0 Å². The minimum Gasteiger partial charge on any atom is -0.481 e. The van der Waals surface area contributed by atoms with Crippen LogP contribution in [0.4, 0.5) is 0 Å². The molecule has 0 amide bonds. The summed E-state index contributed by atoms with van der Waals surface area (Å²) in [5, 5.41) is 33.4. The molecule has 218 valence electrons. The number of carboxylic acids is 2. The van der Waals surface area contributed by atoms with Crippen LogP contribution >= 0.6 is 0 Å². The second-order valence-corrected chi connectivity index (χ2v) is 9.81. The first kappa shape index (κ1) is 39.4. The molecule has 4 N–H and O–H groups in total. The van der Waals surface area contributed by atoms with E-state index in [9.17, 15) is 9.59 Å². The summed E-state index contributed by atoms with van der Waals surface area (Å²) < 4.78 is 0. The first-order valence-corrected chi connectivity index (χ1v) is 15.1. The second-order valence-electron chi connectivity index (χ2n) is 9.81. The van der Waals surface area contributed by atoms with E-state index in [2.05, 4.69) is 13.8 Å². The van der Waals surface area contributed by atoms with Gasteiger partial charge >= 0.3 is 11.9 Å². The minimum atomic E-state index is -0.659. The van der Waals surface area contributed by atoms with Gasteiger partial charge in [-0.25, -0.2) is 0 Å². The molecule has 6 heteroatoms. The number of aliphatic carboxylic acids is 2. The highest BCUT2D eigenvalue weighted by Gasteiger charge is 1.97. The van der Waals surface area contributed by atoms with E-state index in [0.717, 1.165) is 51.4 Å². The maximum atomic E-state index is 10.2. The molecule has 0 aromatic carbocycles. The molecule has 0 saturated carbocycles. The van der Waals surface area contributed by atoms with Crippen molar-refractivity contribution in [3.8, 4) is 0 Å². The summed E-state index contributed by atoms with van der Waals surface area (Å²) in [6.07, 6.45) is 26.8. The van der Waals surface area contributed by atoms with Crippen molar-refractivity contribution < 1.29 is 30.0 Å². The van der Waals surface area contributed by atoms with Gasteiger partial charge in [-0.15, -0.1) is 0 Å². The van der Waals surface area contributed by atoms with E-state index in [4.69, 9.17) is 20.4 Å². The zero-order valence-corrected chi connectivity index (χ0v) is 24.0. The SMILES string of the molecule is CCCCCCCCCCCC(=O)O.CCCCCCCCCCCC(=O)O.OCCCCCCO. The van der Waals surface area contributed by atoms with Crippen LogP contribution in [0.3, 0.4) is 0 Å². The molecular weight excluding hydrogens is 456 g/mol. The van der Waals surface area contributed by atoms with Gasteiger partial charge in [-0.1, -0.05) is 129 Å². The average molecular weight is 519 g/mol. The number of aliphatic hydroxyl groups is 2. The standard InChI is InChI=1S/2C12H24O2.C6H14O2/c2*1-2-3-4-5-6-7-8-9-10-11-12(13)14;7-5-3-1-2-4-6-8/h2*2-11H2,1H3,(H,13,14);7-8H,1-6H2. The third-order valence-electron chi connectivity index (χ3n) is 6.05. The molecule has 0 atom stereocenters. The quantitative estimate of drug-likeness (QED) is 0.0900. The molecule has 0 unspecified atom stereocenters. The Hall–Kier alpha value is -1.14. The molecule has 0 rings (SSSR count). The molecule has 0 aliphatic heterocycles. The molecule has 0 bridgehead atoms. The van der Waals surface area contributed by atoms with Gasteiger partial charge in [0.05, 0.1) is 0 Å². The third kappa shape index (κ3) is 49.9. The first-order valence-electron chi connectivity index (χ1n) is 15.1. The lowest BCUT2D eigenvalue weighted by Crippen LogP contribution is -1.93. The summed E-state index contributed by atoms with van der Waals surface area (Å²) in [7, 11) is 0. The van der Waals surface area contributed by atoms with E-state index in [1.165, 1.54) is 89.9 Å². The Bertz CT molecular complexity index is 376. The summed E-state index contributed by atoms with van der Waals surface area (Å²) >= 11 is 0. The molecule has 0 aromatic rings. The first-order chi connectivity index (χ1) is 17.5. The fourth-order valence-electron chi connectivity index (χ4n) is 3.75. The summed E-state index contributed by atoms with van der Waals surface area (Å²) in [4.78, 5) is 20.4. The van der Waals surface area contributed by atoms with Crippen molar-refractivity contribution in [2.24, 2.45) is 0 Å². The molecule has 0 heterocycles. The van der Waals surface area contributed by atoms with Gasteiger partial charge in [0.15, 0.2) is 0 Å². The van der Waals surface area contributed by atoms with Crippen molar-refractivity contribution in [2.45, 2.75) is 168 Å². The van der Waals surface area contributed by atoms with Crippen molar-refractivity contribution in [2.75, 3.05) is 13.2 Å². The number of aliphatic hydroxyl groups excluding tert-OH is 2. The molecule has 0 saturated heterocycles. The molecule has 0 spiro atoms. The lowest BCUT2D eigenvalue weighted by atomic mass is 10.1. The van der Waals surface area contributed by atoms with Crippen LogP contribution in [0.5, 0.6) is 0 Å². The molecule has 0 aliphatic rings. The lowest BCUT2D eigenvalue weighted by Gasteiger charge is -2.00. The van der Waals surface area contributed by atoms with Crippen LogP contribution in [0.2, 0.25) is 0 Å². The topological polar surface area (TPSA) is 115 Å². The summed E-state index contributed by atoms with van der Waals surface area (Å²) in [5.41, 5.74) is 0. The molecule has 0 aliphatic carbocycles.